The van der Waals surface area contributed by atoms with Crippen LogP contribution in [0.2, 0.25) is 0 Å². The van der Waals surface area contributed by atoms with Gasteiger partial charge in [0.1, 0.15) is 0 Å². The summed E-state index contributed by atoms with van der Waals surface area (Å²) in [4.78, 5) is 31.1. The molecule has 1 aliphatic rings. The molecule has 1 saturated heterocycles. The van der Waals surface area contributed by atoms with Gasteiger partial charge in [-0.25, -0.2) is 9.97 Å². The number of anilines is 2. The van der Waals surface area contributed by atoms with Crippen molar-refractivity contribution in [3.63, 3.8) is 0 Å². The summed E-state index contributed by atoms with van der Waals surface area (Å²) in [5.74, 6) is 1.37. The smallest absolute Gasteiger partial charge is 0.252 e. The average Bonchev–Trinajstić information content (AvgIpc) is 3.04. The van der Waals surface area contributed by atoms with Gasteiger partial charge in [-0.2, -0.15) is 4.98 Å². The van der Waals surface area contributed by atoms with Crippen LogP contribution >= 0.6 is 0 Å². The highest BCUT2D eigenvalue weighted by Crippen LogP contribution is 2.21. The molecule has 3 heterocycles. The molecular formula is C15H21N7O2. The zero-order valence-electron chi connectivity index (χ0n) is 13.8. The molecule has 0 aliphatic carbocycles. The number of hydrogen-bond acceptors (Lipinski definition) is 8. The van der Waals surface area contributed by atoms with Gasteiger partial charge in [-0.05, 0) is 13.5 Å². The lowest BCUT2D eigenvalue weighted by molar-refractivity contribution is 0.247. The molecule has 0 amide bonds. The summed E-state index contributed by atoms with van der Waals surface area (Å²) >= 11 is 0. The number of methoxy groups -OCH3 is 1. The summed E-state index contributed by atoms with van der Waals surface area (Å²) in [5, 5.41) is 0. The van der Waals surface area contributed by atoms with Crippen molar-refractivity contribution in [2.24, 2.45) is 0 Å². The van der Waals surface area contributed by atoms with E-state index in [1.165, 1.54) is 6.07 Å². The summed E-state index contributed by atoms with van der Waals surface area (Å²) in [5.41, 5.74) is 6.02. The number of rotatable bonds is 5. The van der Waals surface area contributed by atoms with E-state index in [1.54, 1.807) is 19.4 Å². The van der Waals surface area contributed by atoms with E-state index in [1.807, 2.05) is 7.05 Å². The standard InChI is InChI=1S/C15H21N7O2/c1-21(8-10-7-12(23)19-14(16)18-10)11-4-6-22(9-11)15-17-5-3-13(20-15)24-2/h3,5,7,11H,4,6,8-9H2,1-2H3,(H3,16,18,19,23)/t11-/m0/s1. The van der Waals surface area contributed by atoms with Gasteiger partial charge in [-0.3, -0.25) is 14.7 Å². The van der Waals surface area contributed by atoms with Crippen molar-refractivity contribution in [2.45, 2.75) is 19.0 Å². The maximum absolute atomic E-state index is 11.5. The van der Waals surface area contributed by atoms with E-state index in [-0.39, 0.29) is 11.5 Å². The summed E-state index contributed by atoms with van der Waals surface area (Å²) in [6, 6.07) is 3.53. The number of hydrogen-bond donors (Lipinski definition) is 2. The number of nitrogens with one attached hydrogen (secondary N) is 1. The second-order valence-corrected chi connectivity index (χ2v) is 5.82. The van der Waals surface area contributed by atoms with Crippen molar-refractivity contribution in [3.8, 4) is 5.88 Å². The van der Waals surface area contributed by atoms with E-state index >= 15 is 0 Å². The van der Waals surface area contributed by atoms with Crippen LogP contribution in [0.4, 0.5) is 11.9 Å². The molecule has 0 unspecified atom stereocenters. The summed E-state index contributed by atoms with van der Waals surface area (Å²) in [7, 11) is 3.60. The van der Waals surface area contributed by atoms with E-state index in [4.69, 9.17) is 10.5 Å². The number of likely N-dealkylation sites (N-methyl/N-ethyl adjacent to an activating group) is 1. The molecule has 3 rings (SSSR count). The summed E-state index contributed by atoms with van der Waals surface area (Å²) in [6.45, 7) is 2.24. The Labute approximate surface area is 139 Å². The largest absolute Gasteiger partial charge is 0.481 e. The third-order valence-corrected chi connectivity index (χ3v) is 4.12. The van der Waals surface area contributed by atoms with E-state index in [9.17, 15) is 4.79 Å². The first-order valence-electron chi connectivity index (χ1n) is 7.73. The number of nitrogens with two attached hydrogens (primary N) is 1. The Morgan fingerprint density at radius 3 is 3.08 bits per heavy atom. The number of nitrogen functional groups attached to an aromatic ring is 1. The van der Waals surface area contributed by atoms with Gasteiger partial charge in [-0.1, -0.05) is 0 Å². The molecule has 0 bridgehead atoms. The Hall–Kier alpha value is -2.68. The minimum Gasteiger partial charge on any atom is -0.481 e. The molecule has 0 saturated carbocycles. The predicted molar refractivity (Wildman–Crippen MR) is 89.9 cm³/mol. The highest BCUT2D eigenvalue weighted by molar-refractivity contribution is 5.34. The number of nitrogens with zero attached hydrogens (tertiary/aromatic N) is 5. The monoisotopic (exact) mass is 331 g/mol. The fourth-order valence-corrected chi connectivity index (χ4v) is 2.88. The van der Waals surface area contributed by atoms with Crippen LogP contribution in [0, 0.1) is 0 Å². The van der Waals surface area contributed by atoms with Crippen LogP contribution in [0.5, 0.6) is 5.88 Å². The molecule has 2 aromatic rings. The van der Waals surface area contributed by atoms with Crippen molar-refractivity contribution >= 4 is 11.9 Å². The normalized spacial score (nSPS) is 17.5. The molecule has 0 aromatic carbocycles. The number of ether oxygens (including phenoxy) is 1. The van der Waals surface area contributed by atoms with Gasteiger partial charge in [-0.15, -0.1) is 0 Å². The summed E-state index contributed by atoms with van der Waals surface area (Å²) in [6.07, 6.45) is 2.68. The molecular weight excluding hydrogens is 310 g/mol. The van der Waals surface area contributed by atoms with Gasteiger partial charge in [0.25, 0.3) is 5.56 Å². The molecule has 9 nitrogen and oxygen atoms in total. The Morgan fingerprint density at radius 1 is 1.50 bits per heavy atom. The van der Waals surface area contributed by atoms with Gasteiger partial charge in [0.05, 0.1) is 12.8 Å². The number of H-pyrrole nitrogens is 1. The quantitative estimate of drug-likeness (QED) is 0.778. The molecule has 1 atom stereocenters. The lowest BCUT2D eigenvalue weighted by Gasteiger charge is -2.24. The average molecular weight is 331 g/mol. The number of aromatic amines is 1. The maximum atomic E-state index is 11.5. The lowest BCUT2D eigenvalue weighted by Crippen LogP contribution is -2.35. The Bertz CT molecular complexity index is 763. The van der Waals surface area contributed by atoms with Crippen LogP contribution in [0.25, 0.3) is 0 Å². The highest BCUT2D eigenvalue weighted by Gasteiger charge is 2.27. The highest BCUT2D eigenvalue weighted by atomic mass is 16.5. The maximum Gasteiger partial charge on any atom is 0.252 e. The minimum absolute atomic E-state index is 0.142. The Kier molecular flexibility index (Phi) is 4.61. The van der Waals surface area contributed by atoms with Gasteiger partial charge in [0, 0.05) is 44.0 Å². The van der Waals surface area contributed by atoms with Crippen LogP contribution in [-0.2, 0) is 6.54 Å². The molecule has 0 radical (unpaired) electrons. The molecule has 9 heteroatoms. The number of aromatic nitrogens is 4. The Morgan fingerprint density at radius 2 is 2.33 bits per heavy atom. The van der Waals surface area contributed by atoms with E-state index < -0.39 is 0 Å². The topological polar surface area (TPSA) is 113 Å². The van der Waals surface area contributed by atoms with E-state index in [2.05, 4.69) is 29.7 Å². The molecule has 3 N–H and O–H groups in total. The van der Waals surface area contributed by atoms with Crippen LogP contribution in [-0.4, -0.2) is 58.1 Å². The van der Waals surface area contributed by atoms with Crippen LogP contribution in [0.1, 0.15) is 12.1 Å². The van der Waals surface area contributed by atoms with Crippen molar-refractivity contribution in [1.29, 1.82) is 0 Å². The molecule has 1 aliphatic heterocycles. The molecule has 128 valence electrons. The molecule has 2 aromatic heterocycles. The Balaban J connectivity index is 1.65. The zero-order valence-corrected chi connectivity index (χ0v) is 13.8. The SMILES string of the molecule is COc1ccnc(N2CC[C@H](N(C)Cc3cc(=O)[nH]c(N)n3)C2)n1. The van der Waals surface area contributed by atoms with E-state index in [0.29, 0.717) is 30.1 Å². The van der Waals surface area contributed by atoms with Crippen molar-refractivity contribution in [1.82, 2.24) is 24.8 Å². The van der Waals surface area contributed by atoms with Crippen molar-refractivity contribution < 1.29 is 4.74 Å². The van der Waals surface area contributed by atoms with E-state index in [0.717, 1.165) is 19.5 Å². The van der Waals surface area contributed by atoms with Crippen LogP contribution in [0.15, 0.2) is 23.1 Å². The first-order valence-corrected chi connectivity index (χ1v) is 7.73. The first kappa shape index (κ1) is 16.2. The minimum atomic E-state index is -0.233. The van der Waals surface area contributed by atoms with Gasteiger partial charge in [0.2, 0.25) is 17.8 Å². The van der Waals surface area contributed by atoms with Gasteiger partial charge < -0.3 is 15.4 Å². The third-order valence-electron chi connectivity index (χ3n) is 4.12. The second-order valence-electron chi connectivity index (χ2n) is 5.82. The fraction of sp³-hybridized carbons (Fsp3) is 0.467. The van der Waals surface area contributed by atoms with Crippen LogP contribution in [0.3, 0.4) is 0 Å². The fourth-order valence-electron chi connectivity index (χ4n) is 2.88. The van der Waals surface area contributed by atoms with Gasteiger partial charge >= 0.3 is 0 Å². The van der Waals surface area contributed by atoms with Gasteiger partial charge in [0.15, 0.2) is 0 Å². The molecule has 24 heavy (non-hydrogen) atoms. The zero-order chi connectivity index (χ0) is 17.1. The second kappa shape index (κ2) is 6.83. The molecule has 0 spiro atoms. The van der Waals surface area contributed by atoms with Crippen molar-refractivity contribution in [3.05, 3.63) is 34.4 Å². The first-order chi connectivity index (χ1) is 11.5. The lowest BCUT2D eigenvalue weighted by atomic mass is 10.2. The van der Waals surface area contributed by atoms with Crippen LogP contribution < -0.4 is 20.9 Å². The van der Waals surface area contributed by atoms with Crippen molar-refractivity contribution in [2.75, 3.05) is 37.9 Å². The third kappa shape index (κ3) is 3.62. The summed E-state index contributed by atoms with van der Waals surface area (Å²) < 4.78 is 5.15. The molecule has 1 fully saturated rings. The predicted octanol–water partition coefficient (Wildman–Crippen LogP) is -0.139.